The molecule has 5 heteroatoms. The lowest BCUT2D eigenvalue weighted by Crippen LogP contribution is -2.44. The number of aryl methyl sites for hydroxylation is 1. The van der Waals surface area contributed by atoms with E-state index >= 15 is 0 Å². The zero-order valence-corrected chi connectivity index (χ0v) is 14.2. The number of likely N-dealkylation sites (tertiary alicyclic amines) is 1. The average Bonchev–Trinajstić information content (AvgIpc) is 3.21. The highest BCUT2D eigenvalue weighted by molar-refractivity contribution is 5.42. The zero-order valence-electron chi connectivity index (χ0n) is 14.2. The molecule has 0 bridgehead atoms. The van der Waals surface area contributed by atoms with Crippen molar-refractivity contribution in [3.05, 3.63) is 47.8 Å². The van der Waals surface area contributed by atoms with Crippen LogP contribution in [0.3, 0.4) is 0 Å². The summed E-state index contributed by atoms with van der Waals surface area (Å²) in [6.45, 7) is 5.59. The van der Waals surface area contributed by atoms with Crippen LogP contribution in [0.25, 0.3) is 5.69 Å². The van der Waals surface area contributed by atoms with E-state index in [1.54, 1.807) is 0 Å². The van der Waals surface area contributed by atoms with Gasteiger partial charge in [0, 0.05) is 38.4 Å². The molecular formula is C19H25N3O2. The van der Waals surface area contributed by atoms with Gasteiger partial charge in [0.15, 0.2) is 0 Å². The Morgan fingerprint density at radius 3 is 2.83 bits per heavy atom. The van der Waals surface area contributed by atoms with Gasteiger partial charge in [-0.25, -0.2) is 4.68 Å². The summed E-state index contributed by atoms with van der Waals surface area (Å²) in [5.74, 6) is 0. The van der Waals surface area contributed by atoms with E-state index in [1.807, 2.05) is 23.1 Å². The van der Waals surface area contributed by atoms with Crippen molar-refractivity contribution in [1.82, 2.24) is 14.7 Å². The van der Waals surface area contributed by atoms with Gasteiger partial charge in [-0.2, -0.15) is 5.10 Å². The van der Waals surface area contributed by atoms with Crippen LogP contribution >= 0.6 is 0 Å². The normalized spacial score (nSPS) is 23.8. The van der Waals surface area contributed by atoms with Crippen LogP contribution in [-0.2, 0) is 11.3 Å². The SMILES string of the molecule is Cc1ccc(-n2cccn2)c(CN2CCC3(CC2)CC(O)CO3)c1. The summed E-state index contributed by atoms with van der Waals surface area (Å²) in [5.41, 5.74) is 3.66. The van der Waals surface area contributed by atoms with Crippen molar-refractivity contribution in [3.8, 4) is 5.69 Å². The maximum Gasteiger partial charge on any atom is 0.0801 e. The summed E-state index contributed by atoms with van der Waals surface area (Å²) in [7, 11) is 0. The molecule has 2 aliphatic rings. The Kier molecular flexibility index (Phi) is 4.16. The number of aromatic nitrogens is 2. The molecule has 0 radical (unpaired) electrons. The number of aliphatic hydroxyl groups is 1. The van der Waals surface area contributed by atoms with Crippen molar-refractivity contribution in [1.29, 1.82) is 0 Å². The quantitative estimate of drug-likeness (QED) is 0.940. The summed E-state index contributed by atoms with van der Waals surface area (Å²) < 4.78 is 7.84. The molecule has 1 unspecified atom stereocenters. The first-order chi connectivity index (χ1) is 11.6. The number of hydrogen-bond acceptors (Lipinski definition) is 4. The van der Waals surface area contributed by atoms with E-state index in [4.69, 9.17) is 4.74 Å². The molecular weight excluding hydrogens is 302 g/mol. The molecule has 24 heavy (non-hydrogen) atoms. The fraction of sp³-hybridized carbons (Fsp3) is 0.526. The molecule has 1 aromatic heterocycles. The lowest BCUT2D eigenvalue weighted by Gasteiger charge is -2.38. The van der Waals surface area contributed by atoms with Gasteiger partial charge >= 0.3 is 0 Å². The Labute approximate surface area is 142 Å². The van der Waals surface area contributed by atoms with Gasteiger partial charge in [-0.05, 0) is 37.5 Å². The highest BCUT2D eigenvalue weighted by Gasteiger charge is 2.42. The van der Waals surface area contributed by atoms with Crippen molar-refractivity contribution in [3.63, 3.8) is 0 Å². The van der Waals surface area contributed by atoms with Crippen molar-refractivity contribution in [2.45, 2.75) is 44.4 Å². The molecule has 0 aliphatic carbocycles. The average molecular weight is 327 g/mol. The van der Waals surface area contributed by atoms with Gasteiger partial charge in [-0.15, -0.1) is 0 Å². The van der Waals surface area contributed by atoms with E-state index < -0.39 is 0 Å². The van der Waals surface area contributed by atoms with Gasteiger partial charge < -0.3 is 9.84 Å². The van der Waals surface area contributed by atoms with Crippen molar-refractivity contribution < 1.29 is 9.84 Å². The maximum atomic E-state index is 9.77. The minimum atomic E-state index is -0.278. The molecule has 1 atom stereocenters. The van der Waals surface area contributed by atoms with E-state index in [2.05, 4.69) is 35.1 Å². The monoisotopic (exact) mass is 327 g/mol. The first-order valence-electron chi connectivity index (χ1n) is 8.78. The van der Waals surface area contributed by atoms with Gasteiger partial charge in [0.2, 0.25) is 0 Å². The second-order valence-corrected chi connectivity index (χ2v) is 7.21. The Balaban J connectivity index is 1.48. The van der Waals surface area contributed by atoms with E-state index in [-0.39, 0.29) is 11.7 Å². The van der Waals surface area contributed by atoms with Crippen LogP contribution in [0.2, 0.25) is 0 Å². The summed E-state index contributed by atoms with van der Waals surface area (Å²) in [4.78, 5) is 2.49. The highest BCUT2D eigenvalue weighted by Crippen LogP contribution is 2.36. The predicted octanol–water partition coefficient (Wildman–Crippen LogP) is 2.30. The Hall–Kier alpha value is -1.69. The second-order valence-electron chi connectivity index (χ2n) is 7.21. The first kappa shape index (κ1) is 15.8. The largest absolute Gasteiger partial charge is 0.391 e. The topological polar surface area (TPSA) is 50.5 Å². The minimum Gasteiger partial charge on any atom is -0.391 e. The van der Waals surface area contributed by atoms with Crippen LogP contribution in [0.15, 0.2) is 36.7 Å². The molecule has 2 aliphatic heterocycles. The lowest BCUT2D eigenvalue weighted by molar-refractivity contribution is -0.0456. The van der Waals surface area contributed by atoms with Crippen LogP contribution in [0.4, 0.5) is 0 Å². The molecule has 2 saturated heterocycles. The van der Waals surface area contributed by atoms with Gasteiger partial charge in [-0.3, -0.25) is 4.90 Å². The third kappa shape index (κ3) is 3.11. The number of benzene rings is 1. The number of hydrogen-bond donors (Lipinski definition) is 1. The first-order valence-corrected chi connectivity index (χ1v) is 8.78. The fourth-order valence-electron chi connectivity index (χ4n) is 4.00. The molecule has 128 valence electrons. The fourth-order valence-corrected chi connectivity index (χ4v) is 4.00. The molecule has 2 aromatic rings. The van der Waals surface area contributed by atoms with Crippen LogP contribution in [-0.4, -0.2) is 51.2 Å². The molecule has 3 heterocycles. The van der Waals surface area contributed by atoms with Crippen molar-refractivity contribution in [2.24, 2.45) is 0 Å². The van der Waals surface area contributed by atoms with Crippen molar-refractivity contribution >= 4 is 0 Å². The van der Waals surface area contributed by atoms with E-state index in [1.165, 1.54) is 11.1 Å². The number of piperidine rings is 1. The van der Waals surface area contributed by atoms with Crippen LogP contribution in [0.1, 0.15) is 30.4 Å². The summed E-state index contributed by atoms with van der Waals surface area (Å²) >= 11 is 0. The molecule has 0 amide bonds. The van der Waals surface area contributed by atoms with Crippen molar-refractivity contribution in [2.75, 3.05) is 19.7 Å². The third-order valence-corrected chi connectivity index (χ3v) is 5.34. The molecule has 1 N–H and O–H groups in total. The van der Waals surface area contributed by atoms with E-state index in [0.717, 1.165) is 44.6 Å². The van der Waals surface area contributed by atoms with Crippen LogP contribution in [0, 0.1) is 6.92 Å². The third-order valence-electron chi connectivity index (χ3n) is 5.34. The van der Waals surface area contributed by atoms with Crippen LogP contribution in [0.5, 0.6) is 0 Å². The standard InChI is InChI=1S/C19H25N3O2/c1-15-3-4-18(22-8-2-7-20-22)16(11-15)13-21-9-5-19(6-10-21)12-17(23)14-24-19/h2-4,7-8,11,17,23H,5-6,9-10,12-14H2,1H3. The Morgan fingerprint density at radius 1 is 1.33 bits per heavy atom. The molecule has 1 spiro atoms. The second kappa shape index (κ2) is 6.31. The van der Waals surface area contributed by atoms with E-state index in [9.17, 15) is 5.11 Å². The molecule has 0 saturated carbocycles. The predicted molar refractivity (Wildman–Crippen MR) is 92.1 cm³/mol. The van der Waals surface area contributed by atoms with Crippen LogP contribution < -0.4 is 0 Å². The van der Waals surface area contributed by atoms with E-state index in [0.29, 0.717) is 6.61 Å². The summed E-state index contributed by atoms with van der Waals surface area (Å²) in [6, 6.07) is 8.51. The smallest absolute Gasteiger partial charge is 0.0801 e. The maximum absolute atomic E-state index is 9.77. The summed E-state index contributed by atoms with van der Waals surface area (Å²) in [6.07, 6.45) is 6.34. The van der Waals surface area contributed by atoms with Gasteiger partial charge in [0.05, 0.1) is 24.0 Å². The summed E-state index contributed by atoms with van der Waals surface area (Å²) in [5, 5.41) is 14.2. The Bertz CT molecular complexity index is 691. The van der Waals surface area contributed by atoms with Gasteiger partial charge in [0.25, 0.3) is 0 Å². The number of ether oxygens (including phenoxy) is 1. The number of rotatable bonds is 3. The molecule has 4 rings (SSSR count). The zero-order chi connectivity index (χ0) is 16.6. The Morgan fingerprint density at radius 2 is 2.17 bits per heavy atom. The molecule has 2 fully saturated rings. The molecule has 5 nitrogen and oxygen atoms in total. The van der Waals surface area contributed by atoms with Gasteiger partial charge in [-0.1, -0.05) is 17.7 Å². The highest BCUT2D eigenvalue weighted by atomic mass is 16.5. The number of aliphatic hydroxyl groups excluding tert-OH is 1. The number of nitrogens with zero attached hydrogens (tertiary/aromatic N) is 3. The minimum absolute atomic E-state index is 0.0761. The van der Waals surface area contributed by atoms with Gasteiger partial charge in [0.1, 0.15) is 0 Å². The lowest BCUT2D eigenvalue weighted by atomic mass is 9.88. The molecule has 1 aromatic carbocycles.